The Kier molecular flexibility index (Phi) is 3.07. The molecule has 0 fully saturated rings. The molecule has 0 N–H and O–H groups in total. The lowest BCUT2D eigenvalue weighted by Gasteiger charge is -2.32. The summed E-state index contributed by atoms with van der Waals surface area (Å²) in [7, 11) is 0. The standard InChI is InChI=1S/C15H16N2O2/c1-2-19-15(18)12-5-6-13-14-11(4-3-8-16-14)7-9-17(13)10-12/h3-4,6,8,10H,2,5,7,9H2,1H3. The fourth-order valence-electron chi connectivity index (χ4n) is 2.52. The molecule has 98 valence electrons. The highest BCUT2D eigenvalue weighted by atomic mass is 16.5. The molecule has 0 aromatic carbocycles. The third kappa shape index (κ3) is 2.14. The molecular formula is C15H16N2O2. The molecule has 0 atom stereocenters. The van der Waals surface area contributed by atoms with Crippen LogP contribution in [0.25, 0.3) is 5.70 Å². The molecule has 1 aromatic rings. The van der Waals surface area contributed by atoms with Crippen LogP contribution in [0.4, 0.5) is 0 Å². The molecule has 0 spiro atoms. The molecule has 0 unspecified atom stereocenters. The smallest absolute Gasteiger partial charge is 0.335 e. The Balaban J connectivity index is 1.88. The first-order valence-electron chi connectivity index (χ1n) is 6.58. The number of carbonyl (C=O) groups is 1. The summed E-state index contributed by atoms with van der Waals surface area (Å²) in [5.74, 6) is -0.218. The van der Waals surface area contributed by atoms with Crippen molar-refractivity contribution in [3.8, 4) is 0 Å². The van der Waals surface area contributed by atoms with Crippen LogP contribution in [0.5, 0.6) is 0 Å². The molecule has 2 aliphatic heterocycles. The van der Waals surface area contributed by atoms with Gasteiger partial charge in [0, 0.05) is 25.4 Å². The minimum Gasteiger partial charge on any atom is -0.463 e. The summed E-state index contributed by atoms with van der Waals surface area (Å²) in [5, 5.41) is 0. The van der Waals surface area contributed by atoms with Gasteiger partial charge < -0.3 is 9.64 Å². The summed E-state index contributed by atoms with van der Waals surface area (Å²) in [4.78, 5) is 18.3. The van der Waals surface area contributed by atoms with E-state index < -0.39 is 0 Å². The molecule has 0 saturated heterocycles. The third-order valence-electron chi connectivity index (χ3n) is 3.43. The van der Waals surface area contributed by atoms with Crippen LogP contribution in [-0.2, 0) is 16.0 Å². The number of fused-ring (bicyclic) bond motifs is 3. The van der Waals surface area contributed by atoms with Gasteiger partial charge in [0.15, 0.2) is 0 Å². The van der Waals surface area contributed by atoms with Gasteiger partial charge >= 0.3 is 5.97 Å². The van der Waals surface area contributed by atoms with Gasteiger partial charge in [0.05, 0.1) is 23.6 Å². The topological polar surface area (TPSA) is 42.4 Å². The van der Waals surface area contributed by atoms with Crippen molar-refractivity contribution in [3.63, 3.8) is 0 Å². The van der Waals surface area contributed by atoms with Crippen LogP contribution in [0.15, 0.2) is 36.2 Å². The number of allylic oxidation sites excluding steroid dienone is 1. The fourth-order valence-corrected chi connectivity index (χ4v) is 2.52. The van der Waals surface area contributed by atoms with Crippen LogP contribution in [0, 0.1) is 0 Å². The number of nitrogens with zero attached hydrogens (tertiary/aromatic N) is 2. The van der Waals surface area contributed by atoms with E-state index in [1.807, 2.05) is 25.4 Å². The third-order valence-corrected chi connectivity index (χ3v) is 3.43. The summed E-state index contributed by atoms with van der Waals surface area (Å²) in [5.41, 5.74) is 4.13. The zero-order valence-corrected chi connectivity index (χ0v) is 10.9. The Morgan fingerprint density at radius 3 is 3.26 bits per heavy atom. The van der Waals surface area contributed by atoms with Crippen LogP contribution >= 0.6 is 0 Å². The maximum atomic E-state index is 11.8. The summed E-state index contributed by atoms with van der Waals surface area (Å²) < 4.78 is 5.05. The van der Waals surface area contributed by atoms with Crippen LogP contribution in [0.1, 0.15) is 24.6 Å². The van der Waals surface area contributed by atoms with Crippen LogP contribution in [0.2, 0.25) is 0 Å². The number of hydrogen-bond acceptors (Lipinski definition) is 4. The lowest BCUT2D eigenvalue weighted by molar-refractivity contribution is -0.138. The molecule has 3 rings (SSSR count). The van der Waals surface area contributed by atoms with Gasteiger partial charge in [0.25, 0.3) is 0 Å². The van der Waals surface area contributed by atoms with Gasteiger partial charge in [-0.2, -0.15) is 0 Å². The number of hydrogen-bond donors (Lipinski definition) is 0. The summed E-state index contributed by atoms with van der Waals surface area (Å²) >= 11 is 0. The Labute approximate surface area is 112 Å². The minimum atomic E-state index is -0.218. The van der Waals surface area contributed by atoms with Crippen molar-refractivity contribution in [2.24, 2.45) is 0 Å². The molecule has 0 aliphatic carbocycles. The van der Waals surface area contributed by atoms with Gasteiger partial charge in [-0.1, -0.05) is 12.1 Å². The van der Waals surface area contributed by atoms with E-state index in [-0.39, 0.29) is 5.97 Å². The molecule has 1 aromatic heterocycles. The molecule has 4 nitrogen and oxygen atoms in total. The normalized spacial score (nSPS) is 17.0. The van der Waals surface area contributed by atoms with Gasteiger partial charge in [-0.3, -0.25) is 4.98 Å². The number of aromatic nitrogens is 1. The molecule has 0 radical (unpaired) electrons. The average molecular weight is 256 g/mol. The lowest BCUT2D eigenvalue weighted by atomic mass is 9.98. The van der Waals surface area contributed by atoms with Crippen LogP contribution < -0.4 is 0 Å². The summed E-state index contributed by atoms with van der Waals surface area (Å²) in [6, 6.07) is 4.09. The molecule has 0 bridgehead atoms. The minimum absolute atomic E-state index is 0.218. The molecule has 4 heteroatoms. The Hall–Kier alpha value is -2.10. The second-order valence-electron chi connectivity index (χ2n) is 4.62. The molecule has 19 heavy (non-hydrogen) atoms. The van der Waals surface area contributed by atoms with E-state index in [1.165, 1.54) is 5.56 Å². The van der Waals surface area contributed by atoms with Gasteiger partial charge in [-0.25, -0.2) is 4.79 Å². The Morgan fingerprint density at radius 2 is 2.42 bits per heavy atom. The van der Waals surface area contributed by atoms with Crippen LogP contribution in [-0.4, -0.2) is 29.0 Å². The van der Waals surface area contributed by atoms with E-state index in [9.17, 15) is 4.79 Å². The van der Waals surface area contributed by atoms with E-state index in [1.54, 1.807) is 0 Å². The highest BCUT2D eigenvalue weighted by Crippen LogP contribution is 2.31. The molecule has 0 amide bonds. The predicted molar refractivity (Wildman–Crippen MR) is 72.0 cm³/mol. The van der Waals surface area contributed by atoms with E-state index in [0.29, 0.717) is 18.6 Å². The van der Waals surface area contributed by atoms with E-state index in [4.69, 9.17) is 4.74 Å². The highest BCUT2D eigenvalue weighted by Gasteiger charge is 2.25. The van der Waals surface area contributed by atoms with Crippen molar-refractivity contribution in [3.05, 3.63) is 47.4 Å². The van der Waals surface area contributed by atoms with Crippen molar-refractivity contribution in [2.75, 3.05) is 13.2 Å². The second kappa shape index (κ2) is 4.88. The van der Waals surface area contributed by atoms with Crippen molar-refractivity contribution < 1.29 is 9.53 Å². The number of esters is 1. The van der Waals surface area contributed by atoms with Crippen molar-refractivity contribution in [1.82, 2.24) is 9.88 Å². The summed E-state index contributed by atoms with van der Waals surface area (Å²) in [6.07, 6.45) is 7.35. The fraction of sp³-hybridized carbons (Fsp3) is 0.333. The van der Waals surface area contributed by atoms with Crippen molar-refractivity contribution in [1.29, 1.82) is 0 Å². The Morgan fingerprint density at radius 1 is 1.53 bits per heavy atom. The zero-order valence-electron chi connectivity index (χ0n) is 10.9. The Bertz CT molecular complexity index is 575. The molecule has 3 heterocycles. The average Bonchev–Trinajstić information content (AvgIpc) is 2.46. The zero-order chi connectivity index (χ0) is 13.2. The first-order chi connectivity index (χ1) is 9.29. The monoisotopic (exact) mass is 256 g/mol. The van der Waals surface area contributed by atoms with Gasteiger partial charge in [-0.15, -0.1) is 0 Å². The molecular weight excluding hydrogens is 240 g/mol. The van der Waals surface area contributed by atoms with E-state index in [0.717, 1.165) is 24.4 Å². The molecule has 0 saturated carbocycles. The van der Waals surface area contributed by atoms with Gasteiger partial charge in [0.1, 0.15) is 0 Å². The maximum Gasteiger partial charge on any atom is 0.335 e. The van der Waals surface area contributed by atoms with Gasteiger partial charge in [-0.05, 0) is 25.0 Å². The second-order valence-corrected chi connectivity index (χ2v) is 4.62. The SMILES string of the molecule is CCOC(=O)C1=CN2CCc3cccnc3C2=CC1. The maximum absolute atomic E-state index is 11.8. The first-order valence-corrected chi connectivity index (χ1v) is 6.58. The summed E-state index contributed by atoms with van der Waals surface area (Å²) in [6.45, 7) is 3.12. The highest BCUT2D eigenvalue weighted by molar-refractivity contribution is 5.90. The van der Waals surface area contributed by atoms with Crippen molar-refractivity contribution >= 4 is 11.7 Å². The van der Waals surface area contributed by atoms with Crippen molar-refractivity contribution in [2.45, 2.75) is 19.8 Å². The largest absolute Gasteiger partial charge is 0.463 e. The van der Waals surface area contributed by atoms with E-state index >= 15 is 0 Å². The van der Waals surface area contributed by atoms with E-state index in [2.05, 4.69) is 22.0 Å². The molecule has 2 aliphatic rings. The van der Waals surface area contributed by atoms with Gasteiger partial charge in [0.2, 0.25) is 0 Å². The number of pyridine rings is 1. The lowest BCUT2D eigenvalue weighted by Crippen LogP contribution is -2.29. The number of carbonyl (C=O) groups excluding carboxylic acids is 1. The number of rotatable bonds is 2. The quantitative estimate of drug-likeness (QED) is 0.760. The first kappa shape index (κ1) is 12.0. The van der Waals surface area contributed by atoms with Crippen LogP contribution in [0.3, 0.4) is 0 Å². The predicted octanol–water partition coefficient (Wildman–Crippen LogP) is 2.13. The number of ether oxygens (including phenoxy) is 1.